The maximum absolute atomic E-state index is 13.4. The van der Waals surface area contributed by atoms with Gasteiger partial charge in [-0.25, -0.2) is 4.79 Å². The van der Waals surface area contributed by atoms with Crippen molar-refractivity contribution < 1.29 is 9.32 Å². The first-order valence-corrected chi connectivity index (χ1v) is 11.7. The quantitative estimate of drug-likeness (QED) is 0.373. The van der Waals surface area contributed by atoms with E-state index in [1.165, 1.54) is 5.56 Å². The summed E-state index contributed by atoms with van der Waals surface area (Å²) in [5.41, 5.74) is 8.03. The number of benzene rings is 3. The molecule has 0 saturated carbocycles. The third-order valence-corrected chi connectivity index (χ3v) is 6.74. The Kier molecular flexibility index (Phi) is 5.95. The molecule has 2 amide bonds. The fraction of sp³-hybridized carbons (Fsp3) is 0.207. The molecule has 6 heteroatoms. The second-order valence-electron chi connectivity index (χ2n) is 9.03. The standard InChI is InChI=1S/C29H28N4O2/c1-18-14-15-23(16-20(18)3)26-25(28-31-27(32-35-28)22-11-6-5-7-12-22)21(4)33(29(34)30-26)17-24-13-9-8-10-19(24)2/h5-16,26H,17H2,1-4H3,(H,30,34). The molecule has 1 N–H and O–H groups in total. The maximum atomic E-state index is 13.4. The first kappa shape index (κ1) is 22.6. The number of hydrogen-bond donors (Lipinski definition) is 1. The van der Waals surface area contributed by atoms with E-state index < -0.39 is 6.04 Å². The Hall–Kier alpha value is -4.19. The molecule has 4 aromatic rings. The largest absolute Gasteiger partial charge is 0.334 e. The van der Waals surface area contributed by atoms with Crippen molar-refractivity contribution in [2.75, 3.05) is 0 Å². The van der Waals surface area contributed by atoms with Crippen LogP contribution in [-0.4, -0.2) is 21.1 Å². The van der Waals surface area contributed by atoms with Crippen LogP contribution in [0.2, 0.25) is 0 Å². The number of rotatable bonds is 5. The summed E-state index contributed by atoms with van der Waals surface area (Å²) in [5.74, 6) is 0.918. The van der Waals surface area contributed by atoms with Gasteiger partial charge in [-0.3, -0.25) is 4.90 Å². The minimum absolute atomic E-state index is 0.152. The second-order valence-corrected chi connectivity index (χ2v) is 9.03. The summed E-state index contributed by atoms with van der Waals surface area (Å²) in [4.78, 5) is 19.9. The van der Waals surface area contributed by atoms with Gasteiger partial charge in [0.1, 0.15) is 0 Å². The van der Waals surface area contributed by atoms with Crippen LogP contribution in [0.15, 0.2) is 83.0 Å². The maximum Gasteiger partial charge on any atom is 0.322 e. The van der Waals surface area contributed by atoms with Gasteiger partial charge in [-0.05, 0) is 55.5 Å². The Morgan fingerprint density at radius 2 is 1.63 bits per heavy atom. The summed E-state index contributed by atoms with van der Waals surface area (Å²) in [6.45, 7) is 8.61. The molecule has 35 heavy (non-hydrogen) atoms. The fourth-order valence-electron chi connectivity index (χ4n) is 4.44. The Morgan fingerprint density at radius 3 is 2.37 bits per heavy atom. The van der Waals surface area contributed by atoms with Crippen LogP contribution < -0.4 is 5.32 Å². The van der Waals surface area contributed by atoms with Crippen molar-refractivity contribution in [1.82, 2.24) is 20.4 Å². The van der Waals surface area contributed by atoms with E-state index in [1.807, 2.05) is 61.5 Å². The summed E-state index contributed by atoms with van der Waals surface area (Å²) in [5, 5.41) is 7.45. The molecular formula is C29H28N4O2. The average Bonchev–Trinajstić information content (AvgIpc) is 3.34. The van der Waals surface area contributed by atoms with Gasteiger partial charge in [0.2, 0.25) is 5.82 Å². The minimum atomic E-state index is -0.404. The molecule has 6 nitrogen and oxygen atoms in total. The van der Waals surface area contributed by atoms with Gasteiger partial charge in [0.05, 0.1) is 18.2 Å². The van der Waals surface area contributed by atoms with Gasteiger partial charge in [-0.15, -0.1) is 0 Å². The third-order valence-electron chi connectivity index (χ3n) is 6.74. The van der Waals surface area contributed by atoms with E-state index in [0.717, 1.165) is 39.1 Å². The lowest BCUT2D eigenvalue weighted by Gasteiger charge is -2.35. The zero-order valence-electron chi connectivity index (χ0n) is 20.4. The number of nitrogens with zero attached hydrogens (tertiary/aromatic N) is 3. The summed E-state index contributed by atoms with van der Waals surface area (Å²) in [6, 6.07) is 23.5. The van der Waals surface area contributed by atoms with E-state index in [4.69, 9.17) is 9.51 Å². The van der Waals surface area contributed by atoms with Crippen LogP contribution in [0, 0.1) is 20.8 Å². The van der Waals surface area contributed by atoms with E-state index in [2.05, 4.69) is 49.4 Å². The molecule has 0 saturated heterocycles. The molecule has 3 aromatic carbocycles. The van der Waals surface area contributed by atoms with Crippen molar-refractivity contribution in [2.45, 2.75) is 40.3 Å². The Labute approximate surface area is 205 Å². The smallest absolute Gasteiger partial charge is 0.322 e. The monoisotopic (exact) mass is 464 g/mol. The van der Waals surface area contributed by atoms with Gasteiger partial charge >= 0.3 is 6.03 Å². The number of allylic oxidation sites excluding steroid dienone is 1. The minimum Gasteiger partial charge on any atom is -0.334 e. The zero-order chi connectivity index (χ0) is 24.5. The second kappa shape index (κ2) is 9.22. The van der Waals surface area contributed by atoms with Crippen LogP contribution in [0.4, 0.5) is 4.79 Å². The number of hydrogen-bond acceptors (Lipinski definition) is 4. The van der Waals surface area contributed by atoms with Crippen LogP contribution in [0.1, 0.15) is 46.7 Å². The summed E-state index contributed by atoms with van der Waals surface area (Å²) < 4.78 is 5.80. The average molecular weight is 465 g/mol. The van der Waals surface area contributed by atoms with Crippen LogP contribution in [0.3, 0.4) is 0 Å². The highest BCUT2D eigenvalue weighted by Crippen LogP contribution is 2.38. The topological polar surface area (TPSA) is 71.3 Å². The van der Waals surface area contributed by atoms with Crippen molar-refractivity contribution in [1.29, 1.82) is 0 Å². The zero-order valence-corrected chi connectivity index (χ0v) is 20.4. The van der Waals surface area contributed by atoms with Gasteiger partial charge < -0.3 is 9.84 Å². The Morgan fingerprint density at radius 1 is 0.886 bits per heavy atom. The van der Waals surface area contributed by atoms with Crippen LogP contribution in [0.25, 0.3) is 17.0 Å². The number of urea groups is 1. The summed E-state index contributed by atoms with van der Waals surface area (Å²) in [6.07, 6.45) is 0. The molecule has 0 radical (unpaired) electrons. The lowest BCUT2D eigenvalue weighted by atomic mass is 9.92. The Balaban J connectivity index is 1.62. The van der Waals surface area contributed by atoms with E-state index in [-0.39, 0.29) is 6.03 Å². The lowest BCUT2D eigenvalue weighted by Crippen LogP contribution is -2.45. The van der Waals surface area contributed by atoms with Crippen LogP contribution in [0.5, 0.6) is 0 Å². The number of amides is 2. The van der Waals surface area contributed by atoms with Crippen molar-refractivity contribution in [3.05, 3.63) is 112 Å². The SMILES string of the molecule is CC1=C(c2nc(-c3ccccc3)no2)C(c2ccc(C)c(C)c2)NC(=O)N1Cc1ccccc1C. The number of carbonyl (C=O) groups excluding carboxylic acids is 1. The predicted molar refractivity (Wildman–Crippen MR) is 136 cm³/mol. The Bertz CT molecular complexity index is 1420. The molecule has 1 atom stereocenters. The molecule has 176 valence electrons. The molecule has 1 aromatic heterocycles. The first-order chi connectivity index (χ1) is 16.9. The van der Waals surface area contributed by atoms with Gasteiger partial charge in [0, 0.05) is 11.3 Å². The van der Waals surface area contributed by atoms with Crippen molar-refractivity contribution in [3.8, 4) is 11.4 Å². The van der Waals surface area contributed by atoms with E-state index in [0.29, 0.717) is 18.3 Å². The predicted octanol–water partition coefficient (Wildman–Crippen LogP) is 6.36. The van der Waals surface area contributed by atoms with Crippen LogP contribution in [-0.2, 0) is 6.54 Å². The van der Waals surface area contributed by atoms with E-state index >= 15 is 0 Å². The van der Waals surface area contributed by atoms with E-state index in [1.54, 1.807) is 4.90 Å². The highest BCUT2D eigenvalue weighted by molar-refractivity contribution is 5.87. The van der Waals surface area contributed by atoms with Crippen LogP contribution >= 0.6 is 0 Å². The highest BCUT2D eigenvalue weighted by Gasteiger charge is 2.36. The van der Waals surface area contributed by atoms with Crippen molar-refractivity contribution in [2.24, 2.45) is 0 Å². The summed E-state index contributed by atoms with van der Waals surface area (Å²) in [7, 11) is 0. The molecule has 1 aliphatic rings. The molecule has 2 heterocycles. The van der Waals surface area contributed by atoms with Crippen molar-refractivity contribution >= 4 is 11.6 Å². The van der Waals surface area contributed by atoms with Gasteiger partial charge in [0.25, 0.3) is 5.89 Å². The molecule has 0 fully saturated rings. The number of nitrogens with one attached hydrogen (secondary N) is 1. The van der Waals surface area contributed by atoms with Crippen molar-refractivity contribution in [3.63, 3.8) is 0 Å². The molecule has 5 rings (SSSR count). The molecule has 1 aliphatic heterocycles. The van der Waals surface area contributed by atoms with Gasteiger partial charge in [0.15, 0.2) is 0 Å². The molecular weight excluding hydrogens is 436 g/mol. The highest BCUT2D eigenvalue weighted by atomic mass is 16.5. The molecule has 0 aliphatic carbocycles. The van der Waals surface area contributed by atoms with Gasteiger partial charge in [-0.2, -0.15) is 4.98 Å². The fourth-order valence-corrected chi connectivity index (χ4v) is 4.44. The summed E-state index contributed by atoms with van der Waals surface area (Å²) >= 11 is 0. The normalized spacial score (nSPS) is 15.9. The third kappa shape index (κ3) is 4.35. The number of aromatic nitrogens is 2. The first-order valence-electron chi connectivity index (χ1n) is 11.7. The number of aryl methyl sites for hydroxylation is 3. The van der Waals surface area contributed by atoms with Gasteiger partial charge in [-0.1, -0.05) is 78.0 Å². The number of carbonyl (C=O) groups is 1. The molecule has 1 unspecified atom stereocenters. The molecule has 0 bridgehead atoms. The van der Waals surface area contributed by atoms with E-state index in [9.17, 15) is 4.79 Å². The lowest BCUT2D eigenvalue weighted by molar-refractivity contribution is 0.203. The molecule has 0 spiro atoms.